The molecule has 1 aliphatic heterocycles. The Kier molecular flexibility index (Phi) is 3.91. The fourth-order valence-electron chi connectivity index (χ4n) is 3.78. The van der Waals surface area contributed by atoms with Crippen LogP contribution in [0.4, 0.5) is 15.8 Å². The van der Waals surface area contributed by atoms with E-state index in [1.54, 1.807) is 18.3 Å². The molecule has 142 valence electrons. The number of nitrogens with two attached hydrogens (primary N) is 1. The van der Waals surface area contributed by atoms with Crippen molar-refractivity contribution in [2.45, 2.75) is 0 Å². The zero-order valence-electron chi connectivity index (χ0n) is 15.6. The van der Waals surface area contributed by atoms with E-state index in [1.165, 1.54) is 11.8 Å². The zero-order chi connectivity index (χ0) is 19.3. The highest BCUT2D eigenvalue weighted by Crippen LogP contribution is 2.32. The van der Waals surface area contributed by atoms with E-state index in [9.17, 15) is 4.39 Å². The van der Waals surface area contributed by atoms with Crippen molar-refractivity contribution in [1.29, 1.82) is 0 Å². The SMILES string of the molecule is CN1CCN(c2ccc3nc(-c4cnc5c(F)cccc5c4N)[nH]c3c2)CC1. The molecule has 0 bridgehead atoms. The molecule has 28 heavy (non-hydrogen) atoms. The molecule has 5 rings (SSSR count). The first-order valence-electron chi connectivity index (χ1n) is 9.36. The molecule has 0 unspecified atom stereocenters. The van der Waals surface area contributed by atoms with Gasteiger partial charge in [0, 0.05) is 43.4 Å². The number of hydrogen-bond donors (Lipinski definition) is 2. The van der Waals surface area contributed by atoms with Gasteiger partial charge in [0.05, 0.1) is 22.3 Å². The molecule has 6 nitrogen and oxygen atoms in total. The van der Waals surface area contributed by atoms with Crippen LogP contribution >= 0.6 is 0 Å². The van der Waals surface area contributed by atoms with E-state index in [2.05, 4.69) is 43.9 Å². The highest BCUT2D eigenvalue weighted by atomic mass is 19.1. The number of H-pyrrole nitrogens is 1. The van der Waals surface area contributed by atoms with E-state index in [0.29, 0.717) is 22.5 Å². The summed E-state index contributed by atoms with van der Waals surface area (Å²) < 4.78 is 14.0. The minimum atomic E-state index is -0.378. The molecule has 0 saturated carbocycles. The van der Waals surface area contributed by atoms with Gasteiger partial charge in [0.2, 0.25) is 0 Å². The van der Waals surface area contributed by atoms with Gasteiger partial charge in [-0.25, -0.2) is 9.37 Å². The Labute approximate surface area is 161 Å². The second-order valence-electron chi connectivity index (χ2n) is 7.30. The Bertz CT molecular complexity index is 1180. The number of likely N-dealkylation sites (N-methyl/N-ethyl adjacent to an activating group) is 1. The number of pyridine rings is 1. The number of aromatic nitrogens is 3. The van der Waals surface area contributed by atoms with Crippen molar-refractivity contribution in [2.24, 2.45) is 0 Å². The number of nitrogen functional groups attached to an aromatic ring is 1. The van der Waals surface area contributed by atoms with Crippen LogP contribution in [0.1, 0.15) is 0 Å². The minimum absolute atomic E-state index is 0.275. The highest BCUT2D eigenvalue weighted by Gasteiger charge is 2.17. The Hall–Kier alpha value is -3.19. The van der Waals surface area contributed by atoms with E-state index in [0.717, 1.165) is 37.2 Å². The standard InChI is InChI=1S/C21H21FN6/c1-27-7-9-28(10-8-27)13-5-6-17-18(11-13)26-21(25-17)15-12-24-20-14(19(15)23)3-2-4-16(20)22/h2-6,11-12H,7-10H2,1H3,(H2,23,24)(H,25,26). The molecule has 1 fully saturated rings. The Balaban J connectivity index is 1.55. The quantitative estimate of drug-likeness (QED) is 0.562. The van der Waals surface area contributed by atoms with Crippen LogP contribution < -0.4 is 10.6 Å². The van der Waals surface area contributed by atoms with Crippen LogP contribution in [-0.4, -0.2) is 53.1 Å². The molecule has 1 saturated heterocycles. The van der Waals surface area contributed by atoms with Crippen molar-refractivity contribution in [3.8, 4) is 11.4 Å². The normalized spacial score (nSPS) is 15.6. The molecule has 0 amide bonds. The van der Waals surface area contributed by atoms with Crippen LogP contribution in [0.5, 0.6) is 0 Å². The molecule has 1 aliphatic rings. The lowest BCUT2D eigenvalue weighted by molar-refractivity contribution is 0.313. The summed E-state index contributed by atoms with van der Waals surface area (Å²) in [5.74, 6) is 0.263. The summed E-state index contributed by atoms with van der Waals surface area (Å²) in [5, 5.41) is 0.594. The maximum atomic E-state index is 14.0. The second-order valence-corrected chi connectivity index (χ2v) is 7.30. The molecule has 2 aromatic heterocycles. The number of anilines is 2. The van der Waals surface area contributed by atoms with Crippen molar-refractivity contribution in [2.75, 3.05) is 43.9 Å². The summed E-state index contributed by atoms with van der Waals surface area (Å²) in [6, 6.07) is 11.1. The number of nitrogens with one attached hydrogen (secondary N) is 1. The Morgan fingerprint density at radius 3 is 2.75 bits per heavy atom. The minimum Gasteiger partial charge on any atom is -0.398 e. The van der Waals surface area contributed by atoms with Gasteiger partial charge >= 0.3 is 0 Å². The molecular formula is C21H21FN6. The highest BCUT2D eigenvalue weighted by molar-refractivity contribution is 5.98. The molecular weight excluding hydrogens is 355 g/mol. The van der Waals surface area contributed by atoms with Crippen molar-refractivity contribution in [3.63, 3.8) is 0 Å². The Morgan fingerprint density at radius 2 is 1.93 bits per heavy atom. The van der Waals surface area contributed by atoms with Gasteiger partial charge in [0.15, 0.2) is 0 Å². The molecule has 2 aromatic carbocycles. The molecule has 0 radical (unpaired) electrons. The zero-order valence-corrected chi connectivity index (χ0v) is 15.6. The third-order valence-corrected chi connectivity index (χ3v) is 5.48. The number of benzene rings is 2. The maximum Gasteiger partial charge on any atom is 0.149 e. The number of imidazole rings is 1. The maximum absolute atomic E-state index is 14.0. The number of rotatable bonds is 2. The number of fused-ring (bicyclic) bond motifs is 2. The van der Waals surface area contributed by atoms with Gasteiger partial charge in [0.25, 0.3) is 0 Å². The lowest BCUT2D eigenvalue weighted by Crippen LogP contribution is -2.44. The molecule has 3 N–H and O–H groups in total. The van der Waals surface area contributed by atoms with Crippen LogP contribution in [0.25, 0.3) is 33.3 Å². The number of aromatic amines is 1. The van der Waals surface area contributed by atoms with Crippen LogP contribution in [0.15, 0.2) is 42.6 Å². The Morgan fingerprint density at radius 1 is 1.11 bits per heavy atom. The van der Waals surface area contributed by atoms with Gasteiger partial charge in [-0.2, -0.15) is 0 Å². The van der Waals surface area contributed by atoms with E-state index < -0.39 is 0 Å². The number of para-hydroxylation sites is 1. The average Bonchev–Trinajstić information content (AvgIpc) is 3.12. The van der Waals surface area contributed by atoms with E-state index in [-0.39, 0.29) is 11.3 Å². The summed E-state index contributed by atoms with van der Waals surface area (Å²) in [7, 11) is 2.15. The first-order valence-corrected chi connectivity index (χ1v) is 9.36. The smallest absolute Gasteiger partial charge is 0.149 e. The van der Waals surface area contributed by atoms with Crippen LogP contribution in [0.2, 0.25) is 0 Å². The summed E-state index contributed by atoms with van der Waals surface area (Å²) in [6.07, 6.45) is 1.58. The predicted molar refractivity (Wildman–Crippen MR) is 111 cm³/mol. The third kappa shape index (κ3) is 2.75. The first-order chi connectivity index (χ1) is 13.6. The van der Waals surface area contributed by atoms with Crippen LogP contribution in [0.3, 0.4) is 0 Å². The van der Waals surface area contributed by atoms with Crippen molar-refractivity contribution in [3.05, 3.63) is 48.4 Å². The van der Waals surface area contributed by atoms with Gasteiger partial charge in [-0.05, 0) is 31.3 Å². The summed E-state index contributed by atoms with van der Waals surface area (Å²) >= 11 is 0. The molecule has 0 aliphatic carbocycles. The second kappa shape index (κ2) is 6.45. The van der Waals surface area contributed by atoms with Crippen LogP contribution in [0, 0.1) is 5.82 Å². The van der Waals surface area contributed by atoms with Crippen molar-refractivity contribution < 1.29 is 4.39 Å². The monoisotopic (exact) mass is 376 g/mol. The number of piperazine rings is 1. The molecule has 0 atom stereocenters. The van der Waals surface area contributed by atoms with E-state index >= 15 is 0 Å². The topological polar surface area (TPSA) is 74.1 Å². The van der Waals surface area contributed by atoms with E-state index in [1.807, 2.05) is 6.07 Å². The van der Waals surface area contributed by atoms with Gasteiger partial charge in [-0.1, -0.05) is 12.1 Å². The predicted octanol–water partition coefficient (Wildman–Crippen LogP) is 3.25. The molecule has 7 heteroatoms. The fourth-order valence-corrected chi connectivity index (χ4v) is 3.78. The van der Waals surface area contributed by atoms with Gasteiger partial charge in [-0.15, -0.1) is 0 Å². The molecule has 3 heterocycles. The lowest BCUT2D eigenvalue weighted by Gasteiger charge is -2.34. The summed E-state index contributed by atoms with van der Waals surface area (Å²) in [5.41, 5.74) is 10.7. The number of nitrogens with zero attached hydrogens (tertiary/aromatic N) is 4. The van der Waals surface area contributed by atoms with Crippen LogP contribution in [-0.2, 0) is 0 Å². The lowest BCUT2D eigenvalue weighted by atomic mass is 10.1. The first kappa shape index (κ1) is 16.9. The van der Waals surface area contributed by atoms with Crippen molar-refractivity contribution in [1.82, 2.24) is 19.9 Å². The number of halogens is 1. The van der Waals surface area contributed by atoms with Gasteiger partial charge in [-0.3, -0.25) is 4.98 Å². The third-order valence-electron chi connectivity index (χ3n) is 5.48. The fraction of sp³-hybridized carbons (Fsp3) is 0.238. The summed E-state index contributed by atoms with van der Waals surface area (Å²) in [4.78, 5) is 17.0. The van der Waals surface area contributed by atoms with Crippen molar-refractivity contribution >= 4 is 33.3 Å². The number of hydrogen-bond acceptors (Lipinski definition) is 5. The average molecular weight is 376 g/mol. The molecule has 0 spiro atoms. The van der Waals surface area contributed by atoms with Gasteiger partial charge < -0.3 is 20.5 Å². The van der Waals surface area contributed by atoms with E-state index in [4.69, 9.17) is 5.73 Å². The largest absolute Gasteiger partial charge is 0.398 e. The summed E-state index contributed by atoms with van der Waals surface area (Å²) in [6.45, 7) is 4.14. The van der Waals surface area contributed by atoms with Gasteiger partial charge in [0.1, 0.15) is 17.2 Å². The molecule has 4 aromatic rings.